The molecule has 19 heavy (non-hydrogen) atoms. The maximum Gasteiger partial charge on any atom is 0.248 e. The first-order valence-corrected chi connectivity index (χ1v) is 6.40. The molecule has 1 rings (SSSR count). The zero-order chi connectivity index (χ0) is 14.3. The van der Waals surface area contributed by atoms with E-state index in [2.05, 4.69) is 12.2 Å². The number of nitrogens with one attached hydrogen (secondary N) is 1. The van der Waals surface area contributed by atoms with Gasteiger partial charge in [0.1, 0.15) is 18.0 Å². The number of ether oxygens (including phenoxy) is 1. The first kappa shape index (κ1) is 15.5. The first-order chi connectivity index (χ1) is 8.94. The summed E-state index contributed by atoms with van der Waals surface area (Å²) in [6.07, 6.45) is 1.02. The van der Waals surface area contributed by atoms with Crippen LogP contribution in [0.1, 0.15) is 30.6 Å². The standard InChI is InChI=1S/C14H22N2O3/c1-3-8-16-9-14(2,18)10-19-12-6-4-11(5-7-12)13(15)17/h4-7,16,18H,3,8-10H2,1-2H3,(H2,15,17). The van der Waals surface area contributed by atoms with E-state index in [-0.39, 0.29) is 6.61 Å². The monoisotopic (exact) mass is 266 g/mol. The molecule has 1 unspecified atom stereocenters. The number of hydrogen-bond acceptors (Lipinski definition) is 4. The van der Waals surface area contributed by atoms with Crippen molar-refractivity contribution in [2.75, 3.05) is 19.7 Å². The molecule has 5 nitrogen and oxygen atoms in total. The minimum absolute atomic E-state index is 0.180. The van der Waals surface area contributed by atoms with Crippen LogP contribution >= 0.6 is 0 Å². The number of aliphatic hydroxyl groups is 1. The van der Waals surface area contributed by atoms with Crippen LogP contribution in [-0.2, 0) is 0 Å². The second kappa shape index (κ2) is 7.11. The number of hydrogen-bond donors (Lipinski definition) is 3. The second-order valence-corrected chi connectivity index (χ2v) is 4.85. The number of benzene rings is 1. The summed E-state index contributed by atoms with van der Waals surface area (Å²) in [4.78, 5) is 10.9. The largest absolute Gasteiger partial charge is 0.491 e. The Balaban J connectivity index is 2.44. The smallest absolute Gasteiger partial charge is 0.248 e. The van der Waals surface area contributed by atoms with E-state index in [9.17, 15) is 9.90 Å². The molecule has 0 aliphatic heterocycles. The molecule has 1 atom stereocenters. The number of amides is 1. The van der Waals surface area contributed by atoms with Gasteiger partial charge in [-0.05, 0) is 44.2 Å². The van der Waals surface area contributed by atoms with E-state index in [0.717, 1.165) is 13.0 Å². The van der Waals surface area contributed by atoms with Gasteiger partial charge in [-0.1, -0.05) is 6.92 Å². The van der Waals surface area contributed by atoms with Gasteiger partial charge in [-0.25, -0.2) is 0 Å². The highest BCUT2D eigenvalue weighted by Gasteiger charge is 2.20. The van der Waals surface area contributed by atoms with Crippen LogP contribution in [0.2, 0.25) is 0 Å². The van der Waals surface area contributed by atoms with E-state index in [1.165, 1.54) is 0 Å². The zero-order valence-electron chi connectivity index (χ0n) is 11.5. The number of rotatable bonds is 8. The predicted octanol–water partition coefficient (Wildman–Crippen LogP) is 0.915. The van der Waals surface area contributed by atoms with Crippen molar-refractivity contribution >= 4 is 5.91 Å². The van der Waals surface area contributed by atoms with Crippen molar-refractivity contribution in [2.45, 2.75) is 25.9 Å². The lowest BCUT2D eigenvalue weighted by molar-refractivity contribution is 0.0125. The van der Waals surface area contributed by atoms with Gasteiger partial charge in [-0.15, -0.1) is 0 Å². The van der Waals surface area contributed by atoms with Crippen LogP contribution in [0, 0.1) is 0 Å². The van der Waals surface area contributed by atoms with Crippen LogP contribution in [0.15, 0.2) is 24.3 Å². The Labute approximate surface area is 113 Å². The summed E-state index contributed by atoms with van der Waals surface area (Å²) in [6, 6.07) is 6.52. The summed E-state index contributed by atoms with van der Waals surface area (Å²) in [5.74, 6) is 0.128. The van der Waals surface area contributed by atoms with Crippen LogP contribution in [-0.4, -0.2) is 36.3 Å². The molecule has 0 fully saturated rings. The van der Waals surface area contributed by atoms with Crippen LogP contribution in [0.4, 0.5) is 0 Å². The highest BCUT2D eigenvalue weighted by molar-refractivity contribution is 5.92. The highest BCUT2D eigenvalue weighted by Crippen LogP contribution is 2.14. The minimum atomic E-state index is -0.933. The fourth-order valence-electron chi connectivity index (χ4n) is 1.54. The van der Waals surface area contributed by atoms with Crippen molar-refractivity contribution in [1.29, 1.82) is 0 Å². The number of primary amides is 1. The molecule has 106 valence electrons. The van der Waals surface area contributed by atoms with Crippen molar-refractivity contribution in [3.8, 4) is 5.75 Å². The molecule has 0 bridgehead atoms. The third kappa shape index (κ3) is 5.72. The summed E-state index contributed by atoms with van der Waals surface area (Å²) in [5, 5.41) is 13.2. The molecule has 0 aromatic heterocycles. The van der Waals surface area contributed by atoms with E-state index in [1.807, 2.05) is 0 Å². The van der Waals surface area contributed by atoms with E-state index in [4.69, 9.17) is 10.5 Å². The molecule has 1 aromatic carbocycles. The molecule has 1 aromatic rings. The van der Waals surface area contributed by atoms with Crippen LogP contribution in [0.5, 0.6) is 5.75 Å². The molecular weight excluding hydrogens is 244 g/mol. The Hall–Kier alpha value is -1.59. The zero-order valence-corrected chi connectivity index (χ0v) is 11.5. The van der Waals surface area contributed by atoms with E-state index in [0.29, 0.717) is 17.9 Å². The minimum Gasteiger partial charge on any atom is -0.491 e. The quantitative estimate of drug-likeness (QED) is 0.611. The fourth-order valence-corrected chi connectivity index (χ4v) is 1.54. The molecule has 0 saturated carbocycles. The average Bonchev–Trinajstić information content (AvgIpc) is 2.37. The van der Waals surface area contributed by atoms with Gasteiger partial charge in [0.2, 0.25) is 5.91 Å². The van der Waals surface area contributed by atoms with Crippen LogP contribution < -0.4 is 15.8 Å². The van der Waals surface area contributed by atoms with Crippen molar-refractivity contribution in [1.82, 2.24) is 5.32 Å². The molecule has 0 spiro atoms. The molecule has 4 N–H and O–H groups in total. The fraction of sp³-hybridized carbons (Fsp3) is 0.500. The lowest BCUT2D eigenvalue weighted by atomic mass is 10.1. The van der Waals surface area contributed by atoms with Gasteiger partial charge in [-0.2, -0.15) is 0 Å². The summed E-state index contributed by atoms with van der Waals surface area (Å²) >= 11 is 0. The maximum absolute atomic E-state index is 10.9. The molecular formula is C14H22N2O3. The molecule has 0 saturated heterocycles. The summed E-state index contributed by atoms with van der Waals surface area (Å²) in [6.45, 7) is 5.30. The van der Waals surface area contributed by atoms with Crippen LogP contribution in [0.3, 0.4) is 0 Å². The Bertz CT molecular complexity index is 402. The van der Waals surface area contributed by atoms with Gasteiger partial charge in [0.05, 0.1) is 0 Å². The lowest BCUT2D eigenvalue weighted by Crippen LogP contribution is -2.43. The van der Waals surface area contributed by atoms with Gasteiger partial charge in [0, 0.05) is 12.1 Å². The second-order valence-electron chi connectivity index (χ2n) is 4.85. The average molecular weight is 266 g/mol. The Morgan fingerprint density at radius 3 is 2.58 bits per heavy atom. The van der Waals surface area contributed by atoms with Gasteiger partial charge in [-0.3, -0.25) is 4.79 Å². The Morgan fingerprint density at radius 2 is 2.05 bits per heavy atom. The number of nitrogens with two attached hydrogens (primary N) is 1. The van der Waals surface area contributed by atoms with Crippen molar-refractivity contribution in [2.24, 2.45) is 5.73 Å². The number of carbonyl (C=O) groups excluding carboxylic acids is 1. The topological polar surface area (TPSA) is 84.6 Å². The molecule has 0 radical (unpaired) electrons. The van der Waals surface area contributed by atoms with E-state index in [1.54, 1.807) is 31.2 Å². The van der Waals surface area contributed by atoms with E-state index >= 15 is 0 Å². The van der Waals surface area contributed by atoms with Crippen molar-refractivity contribution in [3.05, 3.63) is 29.8 Å². The summed E-state index contributed by atoms with van der Waals surface area (Å²) < 4.78 is 5.49. The molecule has 1 amide bonds. The maximum atomic E-state index is 10.9. The predicted molar refractivity (Wildman–Crippen MR) is 74.2 cm³/mol. The van der Waals surface area contributed by atoms with Gasteiger partial charge >= 0.3 is 0 Å². The van der Waals surface area contributed by atoms with Crippen molar-refractivity contribution in [3.63, 3.8) is 0 Å². The highest BCUT2D eigenvalue weighted by atomic mass is 16.5. The van der Waals surface area contributed by atoms with E-state index < -0.39 is 11.5 Å². The molecule has 5 heteroatoms. The molecule has 0 aliphatic rings. The molecule has 0 heterocycles. The van der Waals surface area contributed by atoms with Gasteiger partial charge in [0.15, 0.2) is 0 Å². The third-order valence-electron chi connectivity index (χ3n) is 2.62. The van der Waals surface area contributed by atoms with Gasteiger partial charge in [0.25, 0.3) is 0 Å². The number of carbonyl (C=O) groups is 1. The lowest BCUT2D eigenvalue weighted by Gasteiger charge is -2.23. The Morgan fingerprint density at radius 1 is 1.42 bits per heavy atom. The third-order valence-corrected chi connectivity index (χ3v) is 2.62. The van der Waals surface area contributed by atoms with Crippen LogP contribution in [0.25, 0.3) is 0 Å². The SMILES string of the molecule is CCCNCC(C)(O)COc1ccc(C(N)=O)cc1. The normalized spacial score (nSPS) is 13.8. The summed E-state index contributed by atoms with van der Waals surface area (Å²) in [7, 11) is 0. The molecule has 0 aliphatic carbocycles. The Kier molecular flexibility index (Phi) is 5.79. The van der Waals surface area contributed by atoms with Crippen molar-refractivity contribution < 1.29 is 14.6 Å². The summed E-state index contributed by atoms with van der Waals surface area (Å²) in [5.41, 5.74) is 4.65. The first-order valence-electron chi connectivity index (χ1n) is 6.40. The van der Waals surface area contributed by atoms with Gasteiger partial charge < -0.3 is 20.9 Å².